The average molecular weight is 307 g/mol. The van der Waals surface area contributed by atoms with Crippen molar-refractivity contribution in [3.63, 3.8) is 0 Å². The predicted octanol–water partition coefficient (Wildman–Crippen LogP) is 4.40. The van der Waals surface area contributed by atoms with Crippen LogP contribution in [0.5, 0.6) is 0 Å². The van der Waals surface area contributed by atoms with E-state index in [-0.39, 0.29) is 0 Å². The van der Waals surface area contributed by atoms with Gasteiger partial charge in [-0.3, -0.25) is 0 Å². The minimum absolute atomic E-state index is 0.530. The Labute approximate surface area is 133 Å². The standard InChI is InChI=1S/C18H27ClN2/c1-13-8-9-16(19)10-18(13)21-12-17(20-11-14(21)2)15-6-4-3-5-7-15/h8-10,14-15,17,20H,3-7,11-12H2,1-2H3. The normalized spacial score (nSPS) is 27.9. The molecule has 0 bridgehead atoms. The van der Waals surface area contributed by atoms with Crippen molar-refractivity contribution < 1.29 is 0 Å². The highest BCUT2D eigenvalue weighted by Crippen LogP contribution is 2.32. The maximum Gasteiger partial charge on any atom is 0.0426 e. The molecule has 2 unspecified atom stereocenters. The van der Waals surface area contributed by atoms with Gasteiger partial charge in [0.2, 0.25) is 0 Å². The van der Waals surface area contributed by atoms with Crippen LogP contribution in [0.1, 0.15) is 44.6 Å². The Morgan fingerprint density at radius 3 is 2.71 bits per heavy atom. The second kappa shape index (κ2) is 6.58. The maximum atomic E-state index is 6.23. The van der Waals surface area contributed by atoms with Gasteiger partial charge in [0.05, 0.1) is 0 Å². The summed E-state index contributed by atoms with van der Waals surface area (Å²) in [5, 5.41) is 4.64. The molecule has 2 aliphatic rings. The van der Waals surface area contributed by atoms with Crippen LogP contribution in [0.15, 0.2) is 18.2 Å². The molecule has 21 heavy (non-hydrogen) atoms. The van der Waals surface area contributed by atoms with Crippen LogP contribution in [0.2, 0.25) is 5.02 Å². The first-order valence-corrected chi connectivity index (χ1v) is 8.79. The van der Waals surface area contributed by atoms with Crippen molar-refractivity contribution in [3.8, 4) is 0 Å². The van der Waals surface area contributed by atoms with E-state index in [1.165, 1.54) is 43.4 Å². The molecule has 1 heterocycles. The van der Waals surface area contributed by atoms with Gasteiger partial charge in [-0.1, -0.05) is 36.9 Å². The number of halogens is 1. The van der Waals surface area contributed by atoms with Crippen molar-refractivity contribution in [2.45, 2.75) is 58.0 Å². The summed E-state index contributed by atoms with van der Waals surface area (Å²) in [6, 6.07) is 7.44. The van der Waals surface area contributed by atoms with Gasteiger partial charge in [0, 0.05) is 35.9 Å². The summed E-state index contributed by atoms with van der Waals surface area (Å²) in [5.74, 6) is 0.855. The fourth-order valence-corrected chi connectivity index (χ4v) is 4.13. The van der Waals surface area contributed by atoms with E-state index in [1.54, 1.807) is 0 Å². The van der Waals surface area contributed by atoms with E-state index >= 15 is 0 Å². The van der Waals surface area contributed by atoms with E-state index in [2.05, 4.69) is 36.2 Å². The van der Waals surface area contributed by atoms with Crippen LogP contribution in [0, 0.1) is 12.8 Å². The van der Waals surface area contributed by atoms with Crippen LogP contribution in [-0.2, 0) is 0 Å². The Morgan fingerprint density at radius 2 is 1.95 bits per heavy atom. The molecule has 3 heteroatoms. The predicted molar refractivity (Wildman–Crippen MR) is 91.4 cm³/mol. The first-order chi connectivity index (χ1) is 10.1. The first-order valence-electron chi connectivity index (χ1n) is 8.41. The number of hydrogen-bond donors (Lipinski definition) is 1. The summed E-state index contributed by atoms with van der Waals surface area (Å²) in [6.45, 7) is 6.70. The Hall–Kier alpha value is -0.730. The number of aryl methyl sites for hydroxylation is 1. The van der Waals surface area contributed by atoms with Crippen molar-refractivity contribution >= 4 is 17.3 Å². The Bertz CT molecular complexity index is 482. The van der Waals surface area contributed by atoms with Gasteiger partial charge in [0.1, 0.15) is 0 Å². The van der Waals surface area contributed by atoms with Crippen LogP contribution in [0.25, 0.3) is 0 Å². The number of nitrogens with zero attached hydrogens (tertiary/aromatic N) is 1. The van der Waals surface area contributed by atoms with Crippen LogP contribution in [-0.4, -0.2) is 25.2 Å². The van der Waals surface area contributed by atoms with Gasteiger partial charge in [-0.2, -0.15) is 0 Å². The molecule has 0 aromatic heterocycles. The molecule has 2 atom stereocenters. The Morgan fingerprint density at radius 1 is 1.19 bits per heavy atom. The van der Waals surface area contributed by atoms with Gasteiger partial charge in [-0.15, -0.1) is 0 Å². The van der Waals surface area contributed by atoms with E-state index in [1.807, 2.05) is 6.07 Å². The highest BCUT2D eigenvalue weighted by Gasteiger charge is 2.31. The zero-order valence-corrected chi connectivity index (χ0v) is 14.0. The lowest BCUT2D eigenvalue weighted by molar-refractivity contribution is 0.245. The third kappa shape index (κ3) is 3.37. The monoisotopic (exact) mass is 306 g/mol. The second-order valence-electron chi connectivity index (χ2n) is 6.85. The lowest BCUT2D eigenvalue weighted by Crippen LogP contribution is -2.58. The van der Waals surface area contributed by atoms with E-state index < -0.39 is 0 Å². The summed E-state index contributed by atoms with van der Waals surface area (Å²) < 4.78 is 0. The summed E-state index contributed by atoms with van der Waals surface area (Å²) in [4.78, 5) is 2.57. The summed E-state index contributed by atoms with van der Waals surface area (Å²) in [7, 11) is 0. The third-order valence-corrected chi connectivity index (χ3v) is 5.54. The van der Waals surface area contributed by atoms with Gasteiger partial charge < -0.3 is 10.2 Å². The molecule has 116 valence electrons. The number of anilines is 1. The molecule has 2 nitrogen and oxygen atoms in total. The van der Waals surface area contributed by atoms with Gasteiger partial charge in [-0.05, 0) is 50.3 Å². The Balaban J connectivity index is 1.78. The number of benzene rings is 1. The number of rotatable bonds is 2. The molecule has 0 amide bonds. The summed E-state index contributed by atoms with van der Waals surface area (Å²) >= 11 is 6.23. The molecule has 1 aromatic carbocycles. The highest BCUT2D eigenvalue weighted by molar-refractivity contribution is 6.30. The topological polar surface area (TPSA) is 15.3 Å². The van der Waals surface area contributed by atoms with Gasteiger partial charge >= 0.3 is 0 Å². The fraction of sp³-hybridized carbons (Fsp3) is 0.667. The first kappa shape index (κ1) is 15.2. The molecule has 0 radical (unpaired) electrons. The highest BCUT2D eigenvalue weighted by atomic mass is 35.5. The fourth-order valence-electron chi connectivity index (χ4n) is 3.97. The smallest absolute Gasteiger partial charge is 0.0426 e. The molecule has 1 saturated carbocycles. The zero-order chi connectivity index (χ0) is 14.8. The molecule has 3 rings (SSSR count). The molecule has 1 aromatic rings. The number of hydrogen-bond acceptors (Lipinski definition) is 2. The Kier molecular flexibility index (Phi) is 4.75. The van der Waals surface area contributed by atoms with E-state index in [4.69, 9.17) is 11.6 Å². The van der Waals surface area contributed by atoms with E-state index in [0.717, 1.165) is 24.0 Å². The molecule has 1 saturated heterocycles. The van der Waals surface area contributed by atoms with Gasteiger partial charge in [0.25, 0.3) is 0 Å². The minimum atomic E-state index is 0.530. The molecule has 1 aliphatic heterocycles. The zero-order valence-electron chi connectivity index (χ0n) is 13.2. The van der Waals surface area contributed by atoms with E-state index in [0.29, 0.717) is 12.1 Å². The number of piperazine rings is 1. The van der Waals surface area contributed by atoms with Crippen molar-refractivity contribution in [3.05, 3.63) is 28.8 Å². The van der Waals surface area contributed by atoms with Crippen LogP contribution >= 0.6 is 11.6 Å². The molecule has 1 N–H and O–H groups in total. The molecule has 1 aliphatic carbocycles. The van der Waals surface area contributed by atoms with E-state index in [9.17, 15) is 0 Å². The van der Waals surface area contributed by atoms with Crippen LogP contribution in [0.3, 0.4) is 0 Å². The SMILES string of the molecule is Cc1ccc(Cl)cc1N1CC(C2CCCCC2)NCC1C. The van der Waals surface area contributed by atoms with Crippen molar-refractivity contribution in [2.24, 2.45) is 5.92 Å². The average Bonchev–Trinajstić information content (AvgIpc) is 2.51. The van der Waals surface area contributed by atoms with Crippen molar-refractivity contribution in [1.29, 1.82) is 0 Å². The maximum absolute atomic E-state index is 6.23. The molecular formula is C18H27ClN2. The van der Waals surface area contributed by atoms with Gasteiger partial charge in [0.15, 0.2) is 0 Å². The van der Waals surface area contributed by atoms with Crippen LogP contribution < -0.4 is 10.2 Å². The minimum Gasteiger partial charge on any atom is -0.366 e. The molecular weight excluding hydrogens is 280 g/mol. The lowest BCUT2D eigenvalue weighted by atomic mass is 9.82. The summed E-state index contributed by atoms with van der Waals surface area (Å²) in [6.07, 6.45) is 7.04. The van der Waals surface area contributed by atoms with Crippen molar-refractivity contribution in [2.75, 3.05) is 18.0 Å². The summed E-state index contributed by atoms with van der Waals surface area (Å²) in [5.41, 5.74) is 2.65. The van der Waals surface area contributed by atoms with Crippen molar-refractivity contribution in [1.82, 2.24) is 5.32 Å². The molecule has 2 fully saturated rings. The van der Waals surface area contributed by atoms with Crippen LogP contribution in [0.4, 0.5) is 5.69 Å². The largest absolute Gasteiger partial charge is 0.366 e. The third-order valence-electron chi connectivity index (χ3n) is 5.30. The quantitative estimate of drug-likeness (QED) is 0.871. The lowest BCUT2D eigenvalue weighted by Gasteiger charge is -2.44. The number of nitrogens with one attached hydrogen (secondary N) is 1. The van der Waals surface area contributed by atoms with Gasteiger partial charge in [-0.25, -0.2) is 0 Å². The second-order valence-corrected chi connectivity index (χ2v) is 7.28. The molecule has 0 spiro atoms.